The maximum Gasteiger partial charge on any atom is 0.323 e. The number of hydrogen-bond acceptors (Lipinski definition) is 5. The molecule has 2 amide bonds. The molecule has 1 unspecified atom stereocenters. The minimum atomic E-state index is -0.945. The first-order chi connectivity index (χ1) is 11.3. The maximum atomic E-state index is 12.2. The van der Waals surface area contributed by atoms with Gasteiger partial charge in [0.05, 0.1) is 12.1 Å². The summed E-state index contributed by atoms with van der Waals surface area (Å²) in [4.78, 5) is 13.6. The summed E-state index contributed by atoms with van der Waals surface area (Å²) in [6.45, 7) is 5.65. The molecule has 0 saturated heterocycles. The molecular weight excluding hydrogens is 324 g/mol. The van der Waals surface area contributed by atoms with Crippen LogP contribution in [0.1, 0.15) is 43.7 Å². The van der Waals surface area contributed by atoms with Crippen molar-refractivity contribution in [2.24, 2.45) is 0 Å². The van der Waals surface area contributed by atoms with Crippen LogP contribution in [0, 0.1) is 0 Å². The van der Waals surface area contributed by atoms with Gasteiger partial charge in [0.25, 0.3) is 0 Å². The van der Waals surface area contributed by atoms with Crippen molar-refractivity contribution in [3.8, 4) is 0 Å². The average Bonchev–Trinajstić information content (AvgIpc) is 2.95. The Kier molecular flexibility index (Phi) is 5.90. The van der Waals surface area contributed by atoms with E-state index in [1.807, 2.05) is 18.2 Å². The minimum absolute atomic E-state index is 0.170. The number of hydrogen-bond donors (Lipinski definition) is 2. The Balaban J connectivity index is 2.06. The predicted octanol–water partition coefficient (Wildman–Crippen LogP) is 3.31. The maximum absolute atomic E-state index is 12.2. The van der Waals surface area contributed by atoms with E-state index in [9.17, 15) is 9.90 Å². The second-order valence-corrected chi connectivity index (χ2v) is 7.42. The molecule has 1 aromatic carbocycles. The van der Waals surface area contributed by atoms with Gasteiger partial charge in [-0.3, -0.25) is 5.32 Å². The van der Waals surface area contributed by atoms with Crippen molar-refractivity contribution in [3.63, 3.8) is 0 Å². The Morgan fingerprint density at radius 2 is 2.00 bits per heavy atom. The van der Waals surface area contributed by atoms with Gasteiger partial charge >= 0.3 is 6.03 Å². The molecular formula is C17H24N4O2S. The van der Waals surface area contributed by atoms with Crippen molar-refractivity contribution in [2.45, 2.75) is 38.7 Å². The van der Waals surface area contributed by atoms with Crippen molar-refractivity contribution in [1.29, 1.82) is 0 Å². The third-order valence-electron chi connectivity index (χ3n) is 3.53. The number of rotatable bonds is 6. The first kappa shape index (κ1) is 18.4. The lowest BCUT2D eigenvalue weighted by molar-refractivity contribution is 0.0550. The molecule has 2 aromatic rings. The van der Waals surface area contributed by atoms with Crippen LogP contribution in [0.2, 0.25) is 0 Å². The molecule has 0 aliphatic heterocycles. The van der Waals surface area contributed by atoms with Crippen LogP contribution in [0.4, 0.5) is 9.93 Å². The number of benzene rings is 1. The summed E-state index contributed by atoms with van der Waals surface area (Å²) in [7, 11) is 1.63. The zero-order valence-corrected chi connectivity index (χ0v) is 15.3. The summed E-state index contributed by atoms with van der Waals surface area (Å²) in [5, 5.41) is 22.2. The lowest BCUT2D eigenvalue weighted by Crippen LogP contribution is -2.41. The van der Waals surface area contributed by atoms with Crippen molar-refractivity contribution >= 4 is 22.5 Å². The van der Waals surface area contributed by atoms with E-state index in [0.29, 0.717) is 5.13 Å². The van der Waals surface area contributed by atoms with Crippen LogP contribution in [-0.2, 0) is 0 Å². The quantitative estimate of drug-likeness (QED) is 0.839. The molecule has 1 aromatic heterocycles. The molecule has 24 heavy (non-hydrogen) atoms. The van der Waals surface area contributed by atoms with Gasteiger partial charge in [0.15, 0.2) is 0 Å². The van der Waals surface area contributed by atoms with Gasteiger partial charge in [-0.2, -0.15) is 0 Å². The number of nitrogens with one attached hydrogen (secondary N) is 1. The molecule has 0 fully saturated rings. The van der Waals surface area contributed by atoms with E-state index in [4.69, 9.17) is 0 Å². The molecule has 130 valence electrons. The van der Waals surface area contributed by atoms with E-state index in [-0.39, 0.29) is 18.5 Å². The molecule has 6 nitrogen and oxygen atoms in total. The zero-order valence-electron chi connectivity index (χ0n) is 14.5. The van der Waals surface area contributed by atoms with Crippen LogP contribution in [0.25, 0.3) is 0 Å². The van der Waals surface area contributed by atoms with Crippen molar-refractivity contribution in [1.82, 2.24) is 15.1 Å². The lowest BCUT2D eigenvalue weighted by Gasteiger charge is -2.25. The third kappa shape index (κ3) is 5.01. The number of aliphatic hydroxyl groups is 1. The number of nitrogens with zero attached hydrogens (tertiary/aromatic N) is 3. The summed E-state index contributed by atoms with van der Waals surface area (Å²) in [6, 6.07) is 9.84. The monoisotopic (exact) mass is 348 g/mol. The highest BCUT2D eigenvalue weighted by Crippen LogP contribution is 2.31. The first-order valence-electron chi connectivity index (χ1n) is 7.93. The summed E-state index contributed by atoms with van der Waals surface area (Å²) >= 11 is 1.38. The lowest BCUT2D eigenvalue weighted by atomic mass is 9.97. The Morgan fingerprint density at radius 1 is 1.33 bits per heavy atom. The third-order valence-corrected chi connectivity index (χ3v) is 4.49. The van der Waals surface area contributed by atoms with Crippen LogP contribution in [0.15, 0.2) is 30.3 Å². The fourth-order valence-electron chi connectivity index (χ4n) is 2.50. The van der Waals surface area contributed by atoms with Crippen molar-refractivity contribution in [2.75, 3.05) is 18.9 Å². The van der Waals surface area contributed by atoms with Crippen LogP contribution in [-0.4, -0.2) is 45.4 Å². The van der Waals surface area contributed by atoms with Crippen LogP contribution in [0.5, 0.6) is 0 Å². The molecule has 0 spiro atoms. The largest absolute Gasteiger partial charge is 0.389 e. The van der Waals surface area contributed by atoms with Gasteiger partial charge in [0, 0.05) is 13.0 Å². The molecule has 0 saturated carbocycles. The minimum Gasteiger partial charge on any atom is -0.389 e. The van der Waals surface area contributed by atoms with E-state index in [1.54, 1.807) is 20.9 Å². The number of anilines is 1. The fraction of sp³-hybridized carbons (Fsp3) is 0.471. The van der Waals surface area contributed by atoms with Crippen LogP contribution < -0.4 is 5.32 Å². The van der Waals surface area contributed by atoms with Gasteiger partial charge in [-0.25, -0.2) is 4.79 Å². The number of likely N-dealkylation sites (N-methyl/N-ethyl adjacent to an activating group) is 1. The SMILES string of the molecule is CCC(c1ccccc1)c1nnc(NC(=O)N(C)CC(C)(C)O)s1. The van der Waals surface area contributed by atoms with Crippen LogP contribution >= 0.6 is 11.3 Å². The molecule has 1 heterocycles. The van der Waals surface area contributed by atoms with Crippen molar-refractivity contribution < 1.29 is 9.90 Å². The molecule has 0 radical (unpaired) electrons. The smallest absolute Gasteiger partial charge is 0.323 e. The highest BCUT2D eigenvalue weighted by Gasteiger charge is 2.21. The van der Waals surface area contributed by atoms with Gasteiger partial charge in [0.2, 0.25) is 5.13 Å². The Hall–Kier alpha value is -1.99. The highest BCUT2D eigenvalue weighted by atomic mass is 32.1. The summed E-state index contributed by atoms with van der Waals surface area (Å²) in [6.07, 6.45) is 0.908. The van der Waals surface area contributed by atoms with Gasteiger partial charge in [0.1, 0.15) is 5.01 Å². The highest BCUT2D eigenvalue weighted by molar-refractivity contribution is 7.15. The Morgan fingerprint density at radius 3 is 2.58 bits per heavy atom. The van der Waals surface area contributed by atoms with E-state index >= 15 is 0 Å². The van der Waals surface area contributed by atoms with Gasteiger partial charge in [-0.15, -0.1) is 10.2 Å². The molecule has 7 heteroatoms. The summed E-state index contributed by atoms with van der Waals surface area (Å²) in [5.41, 5.74) is 0.243. The number of aromatic nitrogens is 2. The zero-order chi connectivity index (χ0) is 17.7. The first-order valence-corrected chi connectivity index (χ1v) is 8.74. The molecule has 1 atom stereocenters. The van der Waals surface area contributed by atoms with Crippen LogP contribution in [0.3, 0.4) is 0 Å². The van der Waals surface area contributed by atoms with E-state index in [0.717, 1.165) is 11.4 Å². The van der Waals surface area contributed by atoms with E-state index in [1.165, 1.54) is 21.8 Å². The van der Waals surface area contributed by atoms with Crippen molar-refractivity contribution in [3.05, 3.63) is 40.9 Å². The molecule has 2 N–H and O–H groups in total. The second-order valence-electron chi connectivity index (χ2n) is 6.42. The number of amides is 2. The van der Waals surface area contributed by atoms with E-state index < -0.39 is 5.60 Å². The van der Waals surface area contributed by atoms with Gasteiger partial charge in [-0.05, 0) is 25.8 Å². The Bertz CT molecular complexity index is 667. The predicted molar refractivity (Wildman–Crippen MR) is 96.4 cm³/mol. The molecule has 2 rings (SSSR count). The van der Waals surface area contributed by atoms with Gasteiger partial charge < -0.3 is 10.0 Å². The van der Waals surface area contributed by atoms with Gasteiger partial charge in [-0.1, -0.05) is 48.6 Å². The number of carbonyl (C=O) groups is 1. The molecule has 0 aliphatic carbocycles. The average molecular weight is 348 g/mol. The normalized spacial score (nSPS) is 12.7. The fourth-order valence-corrected chi connectivity index (χ4v) is 3.45. The standard InChI is InChI=1S/C17H24N4O2S/c1-5-13(12-9-7-6-8-10-12)14-19-20-15(24-14)18-16(22)21(4)11-17(2,3)23/h6-10,13,23H,5,11H2,1-4H3,(H,18,20,22). The van der Waals surface area contributed by atoms with E-state index in [2.05, 4.69) is 34.6 Å². The molecule has 0 bridgehead atoms. The Labute approximate surface area is 146 Å². The topological polar surface area (TPSA) is 78.4 Å². The second kappa shape index (κ2) is 7.72. The number of urea groups is 1. The molecule has 0 aliphatic rings. The summed E-state index contributed by atoms with van der Waals surface area (Å²) < 4.78 is 0. The summed E-state index contributed by atoms with van der Waals surface area (Å²) in [5.74, 6) is 0.170. The number of carbonyl (C=O) groups excluding carboxylic acids is 1.